The van der Waals surface area contributed by atoms with E-state index in [1.54, 1.807) is 42.5 Å². The topological polar surface area (TPSA) is 55.1 Å². The summed E-state index contributed by atoms with van der Waals surface area (Å²) in [6.07, 6.45) is 0. The normalized spacial score (nSPS) is 10.9. The van der Waals surface area contributed by atoms with Crippen LogP contribution in [0.1, 0.15) is 0 Å². The van der Waals surface area contributed by atoms with Crippen molar-refractivity contribution in [1.82, 2.24) is 9.55 Å². The predicted octanol–water partition coefficient (Wildman–Crippen LogP) is 3.01. The summed E-state index contributed by atoms with van der Waals surface area (Å²) in [6.45, 7) is 0.335. The van der Waals surface area contributed by atoms with Gasteiger partial charge in [0, 0.05) is 12.4 Å². The van der Waals surface area contributed by atoms with Gasteiger partial charge in [-0.25, -0.2) is 4.98 Å². The lowest BCUT2D eigenvalue weighted by molar-refractivity contribution is 0.476. The Bertz CT molecular complexity index is 858. The molecular formula is C16H13ClN2O2. The van der Waals surface area contributed by atoms with Gasteiger partial charge in [-0.2, -0.15) is 0 Å². The van der Waals surface area contributed by atoms with E-state index in [1.807, 2.05) is 6.07 Å². The fourth-order valence-electron chi connectivity index (χ4n) is 2.33. The maximum absolute atomic E-state index is 12.6. The van der Waals surface area contributed by atoms with Crippen LogP contribution in [0.3, 0.4) is 0 Å². The first-order valence-corrected chi connectivity index (χ1v) is 7.09. The number of alkyl halides is 1. The molecule has 0 aliphatic rings. The molecule has 0 fully saturated rings. The number of aromatic hydroxyl groups is 1. The van der Waals surface area contributed by atoms with E-state index in [0.29, 0.717) is 34.7 Å². The van der Waals surface area contributed by atoms with Crippen molar-refractivity contribution < 1.29 is 5.11 Å². The third-order valence-corrected chi connectivity index (χ3v) is 3.48. The SMILES string of the molecule is O=c1c2ccccc2nc(-c2ccccc2O)n1CCCl. The number of para-hydroxylation sites is 2. The summed E-state index contributed by atoms with van der Waals surface area (Å²) < 4.78 is 1.50. The van der Waals surface area contributed by atoms with Crippen molar-refractivity contribution in [3.8, 4) is 17.1 Å². The van der Waals surface area contributed by atoms with E-state index in [1.165, 1.54) is 4.57 Å². The Labute approximate surface area is 126 Å². The molecule has 1 heterocycles. The molecule has 3 rings (SSSR count). The van der Waals surface area contributed by atoms with Crippen LogP contribution in [0.4, 0.5) is 0 Å². The predicted molar refractivity (Wildman–Crippen MR) is 83.8 cm³/mol. The van der Waals surface area contributed by atoms with Gasteiger partial charge >= 0.3 is 0 Å². The summed E-state index contributed by atoms with van der Waals surface area (Å²) >= 11 is 5.81. The number of aromatic nitrogens is 2. The van der Waals surface area contributed by atoms with Crippen molar-refractivity contribution in [2.75, 3.05) is 5.88 Å². The monoisotopic (exact) mass is 300 g/mol. The van der Waals surface area contributed by atoms with Crippen LogP contribution < -0.4 is 5.56 Å². The zero-order chi connectivity index (χ0) is 14.8. The minimum Gasteiger partial charge on any atom is -0.507 e. The molecular weight excluding hydrogens is 288 g/mol. The molecule has 21 heavy (non-hydrogen) atoms. The molecule has 106 valence electrons. The summed E-state index contributed by atoms with van der Waals surface area (Å²) in [5, 5.41) is 10.6. The van der Waals surface area contributed by atoms with Gasteiger partial charge < -0.3 is 5.11 Å². The smallest absolute Gasteiger partial charge is 0.261 e. The highest BCUT2D eigenvalue weighted by Gasteiger charge is 2.14. The number of phenols is 1. The van der Waals surface area contributed by atoms with Gasteiger partial charge in [-0.1, -0.05) is 24.3 Å². The summed E-state index contributed by atoms with van der Waals surface area (Å²) in [7, 11) is 0. The van der Waals surface area contributed by atoms with Crippen LogP contribution in [0.15, 0.2) is 53.3 Å². The number of fused-ring (bicyclic) bond motifs is 1. The summed E-state index contributed by atoms with van der Waals surface area (Å²) in [5.41, 5.74) is 0.969. The van der Waals surface area contributed by atoms with Crippen molar-refractivity contribution in [2.45, 2.75) is 6.54 Å². The molecule has 0 atom stereocenters. The molecule has 0 bridgehead atoms. The molecule has 0 amide bonds. The lowest BCUT2D eigenvalue weighted by Crippen LogP contribution is -2.24. The highest BCUT2D eigenvalue weighted by atomic mass is 35.5. The minimum atomic E-state index is -0.153. The zero-order valence-electron chi connectivity index (χ0n) is 11.2. The van der Waals surface area contributed by atoms with E-state index >= 15 is 0 Å². The van der Waals surface area contributed by atoms with Crippen molar-refractivity contribution in [3.05, 3.63) is 58.9 Å². The fraction of sp³-hybridized carbons (Fsp3) is 0.125. The molecule has 1 aromatic heterocycles. The largest absolute Gasteiger partial charge is 0.507 e. The minimum absolute atomic E-state index is 0.0861. The Balaban J connectivity index is 2.38. The zero-order valence-corrected chi connectivity index (χ0v) is 11.9. The van der Waals surface area contributed by atoms with E-state index in [4.69, 9.17) is 11.6 Å². The van der Waals surface area contributed by atoms with Crippen LogP contribution in [0.25, 0.3) is 22.3 Å². The van der Waals surface area contributed by atoms with E-state index in [2.05, 4.69) is 4.98 Å². The van der Waals surface area contributed by atoms with Gasteiger partial charge in [0.25, 0.3) is 5.56 Å². The van der Waals surface area contributed by atoms with Crippen LogP contribution in [-0.4, -0.2) is 20.5 Å². The second-order valence-electron chi connectivity index (χ2n) is 4.62. The number of phenolic OH excluding ortho intramolecular Hbond substituents is 1. The Kier molecular flexibility index (Phi) is 3.62. The second kappa shape index (κ2) is 5.58. The fourth-order valence-corrected chi connectivity index (χ4v) is 2.50. The lowest BCUT2D eigenvalue weighted by atomic mass is 10.1. The molecule has 0 saturated heterocycles. The van der Waals surface area contributed by atoms with Crippen molar-refractivity contribution in [2.24, 2.45) is 0 Å². The van der Waals surface area contributed by atoms with Gasteiger partial charge in [0.05, 0.1) is 16.5 Å². The van der Waals surface area contributed by atoms with E-state index in [9.17, 15) is 9.90 Å². The molecule has 0 saturated carbocycles. The molecule has 2 aromatic carbocycles. The molecule has 1 N–H and O–H groups in total. The summed E-state index contributed by atoms with van der Waals surface area (Å²) in [5.74, 6) is 0.806. The van der Waals surface area contributed by atoms with Gasteiger partial charge in [-0.05, 0) is 24.3 Å². The van der Waals surface area contributed by atoms with E-state index in [-0.39, 0.29) is 11.3 Å². The van der Waals surface area contributed by atoms with Gasteiger partial charge in [-0.3, -0.25) is 9.36 Å². The number of hydrogen-bond acceptors (Lipinski definition) is 3. The second-order valence-corrected chi connectivity index (χ2v) is 4.99. The Hall–Kier alpha value is -2.33. The van der Waals surface area contributed by atoms with Crippen LogP contribution in [-0.2, 0) is 6.54 Å². The lowest BCUT2D eigenvalue weighted by Gasteiger charge is -2.13. The van der Waals surface area contributed by atoms with Crippen LogP contribution in [0, 0.1) is 0 Å². The maximum atomic E-state index is 12.6. The quantitative estimate of drug-likeness (QED) is 0.757. The first kappa shape index (κ1) is 13.6. The van der Waals surface area contributed by atoms with Gasteiger partial charge in [0.1, 0.15) is 11.6 Å². The van der Waals surface area contributed by atoms with Crippen LogP contribution >= 0.6 is 11.6 Å². The highest BCUT2D eigenvalue weighted by Crippen LogP contribution is 2.27. The Morgan fingerprint density at radius 3 is 2.57 bits per heavy atom. The van der Waals surface area contributed by atoms with E-state index < -0.39 is 0 Å². The molecule has 0 unspecified atom stereocenters. The molecule has 0 spiro atoms. The molecule has 4 nitrogen and oxygen atoms in total. The van der Waals surface area contributed by atoms with Gasteiger partial charge in [0.15, 0.2) is 0 Å². The number of nitrogens with zero attached hydrogens (tertiary/aromatic N) is 2. The standard InChI is InChI=1S/C16H13ClN2O2/c17-9-10-19-15(12-6-2-4-8-14(12)20)18-13-7-3-1-5-11(13)16(19)21/h1-8,20H,9-10H2. The third kappa shape index (κ3) is 2.38. The molecule has 0 radical (unpaired) electrons. The maximum Gasteiger partial charge on any atom is 0.261 e. The Morgan fingerprint density at radius 2 is 1.81 bits per heavy atom. The number of hydrogen-bond donors (Lipinski definition) is 1. The first-order valence-electron chi connectivity index (χ1n) is 6.56. The molecule has 0 aliphatic heterocycles. The Morgan fingerprint density at radius 1 is 1.10 bits per heavy atom. The summed E-state index contributed by atoms with van der Waals surface area (Å²) in [6, 6.07) is 14.0. The average Bonchev–Trinajstić information content (AvgIpc) is 2.51. The van der Waals surface area contributed by atoms with Crippen molar-refractivity contribution >= 4 is 22.5 Å². The molecule has 3 aromatic rings. The highest BCUT2D eigenvalue weighted by molar-refractivity contribution is 6.17. The third-order valence-electron chi connectivity index (χ3n) is 3.31. The van der Waals surface area contributed by atoms with Crippen molar-refractivity contribution in [1.29, 1.82) is 0 Å². The molecule has 0 aliphatic carbocycles. The summed E-state index contributed by atoms with van der Waals surface area (Å²) in [4.78, 5) is 17.1. The van der Waals surface area contributed by atoms with Crippen LogP contribution in [0.2, 0.25) is 0 Å². The van der Waals surface area contributed by atoms with Gasteiger partial charge in [0.2, 0.25) is 0 Å². The first-order chi connectivity index (χ1) is 10.2. The number of rotatable bonds is 3. The van der Waals surface area contributed by atoms with Gasteiger partial charge in [-0.15, -0.1) is 11.6 Å². The average molecular weight is 301 g/mol. The molecule has 5 heteroatoms. The number of benzene rings is 2. The van der Waals surface area contributed by atoms with Crippen LogP contribution in [0.5, 0.6) is 5.75 Å². The number of halogens is 1. The van der Waals surface area contributed by atoms with E-state index in [0.717, 1.165) is 0 Å². The van der Waals surface area contributed by atoms with Crippen molar-refractivity contribution in [3.63, 3.8) is 0 Å².